The second-order valence-corrected chi connectivity index (χ2v) is 7.71. The highest BCUT2D eigenvalue weighted by atomic mass is 35.7. The average molecular weight is 338 g/mol. The van der Waals surface area contributed by atoms with Crippen molar-refractivity contribution in [1.29, 1.82) is 0 Å². The second kappa shape index (κ2) is 6.78. The Morgan fingerprint density at radius 3 is 2.35 bits per heavy atom. The van der Waals surface area contributed by atoms with E-state index in [2.05, 4.69) is 0 Å². The Kier molecular flexibility index (Phi) is 5.86. The van der Waals surface area contributed by atoms with Crippen LogP contribution in [0.25, 0.3) is 0 Å². The van der Waals surface area contributed by atoms with Gasteiger partial charge in [-0.05, 0) is 38.5 Å². The molecule has 0 radical (unpaired) electrons. The molecule has 0 fully saturated rings. The molecule has 0 N–H and O–H groups in total. The van der Waals surface area contributed by atoms with Crippen LogP contribution >= 0.6 is 22.3 Å². The number of amides is 1. The van der Waals surface area contributed by atoms with Gasteiger partial charge in [-0.1, -0.05) is 18.5 Å². The summed E-state index contributed by atoms with van der Waals surface area (Å²) in [5.41, 5.74) is 0.221. The number of halogens is 2. The third kappa shape index (κ3) is 4.36. The van der Waals surface area contributed by atoms with E-state index in [-0.39, 0.29) is 27.4 Å². The number of carbonyl (C=O) groups is 1. The number of carbonyl (C=O) groups excluding carboxylic acids is 1. The minimum Gasteiger partial charge on any atom is -0.336 e. The van der Waals surface area contributed by atoms with Gasteiger partial charge in [0.25, 0.3) is 15.0 Å². The van der Waals surface area contributed by atoms with Gasteiger partial charge in [-0.2, -0.15) is 0 Å². The maximum absolute atomic E-state index is 12.4. The van der Waals surface area contributed by atoms with Crippen LogP contribution in [0.5, 0.6) is 0 Å². The molecule has 0 atom stereocenters. The molecule has 0 unspecified atom stereocenters. The van der Waals surface area contributed by atoms with Gasteiger partial charge in [0.1, 0.15) is 0 Å². The minimum atomic E-state index is -3.92. The fraction of sp³-hybridized carbons (Fsp3) is 0.462. The number of nitrogens with zero attached hydrogens (tertiary/aromatic N) is 1. The molecular formula is C13H17Cl2NO3S. The summed E-state index contributed by atoms with van der Waals surface area (Å²) in [5.74, 6) is -0.258. The molecule has 0 aromatic heterocycles. The summed E-state index contributed by atoms with van der Waals surface area (Å²) in [6, 6.07) is 3.93. The highest BCUT2D eigenvalue weighted by molar-refractivity contribution is 8.13. The van der Waals surface area contributed by atoms with Gasteiger partial charge < -0.3 is 4.90 Å². The average Bonchev–Trinajstić information content (AvgIpc) is 2.33. The first-order chi connectivity index (χ1) is 9.16. The normalized spacial score (nSPS) is 11.7. The molecule has 0 aliphatic rings. The highest BCUT2D eigenvalue weighted by Gasteiger charge is 2.21. The molecule has 4 nitrogen and oxygen atoms in total. The number of hydrogen-bond acceptors (Lipinski definition) is 3. The van der Waals surface area contributed by atoms with Crippen LogP contribution in [-0.2, 0) is 9.05 Å². The second-order valence-electron chi connectivity index (χ2n) is 4.71. The molecule has 7 heteroatoms. The molecule has 1 amide bonds. The Morgan fingerprint density at radius 1 is 1.30 bits per heavy atom. The van der Waals surface area contributed by atoms with Gasteiger partial charge in [0.2, 0.25) is 0 Å². The molecule has 0 saturated heterocycles. The van der Waals surface area contributed by atoms with Gasteiger partial charge in [-0.15, -0.1) is 0 Å². The fourth-order valence-electron chi connectivity index (χ4n) is 1.83. The zero-order valence-corrected chi connectivity index (χ0v) is 13.9. The van der Waals surface area contributed by atoms with Gasteiger partial charge in [-0.25, -0.2) is 8.42 Å². The van der Waals surface area contributed by atoms with Crippen molar-refractivity contribution in [1.82, 2.24) is 4.90 Å². The smallest absolute Gasteiger partial charge is 0.261 e. The van der Waals surface area contributed by atoms with Gasteiger partial charge in [0.05, 0.1) is 4.90 Å². The van der Waals surface area contributed by atoms with Crippen LogP contribution in [0.2, 0.25) is 5.02 Å². The van der Waals surface area contributed by atoms with Crippen molar-refractivity contribution in [2.45, 2.75) is 38.1 Å². The van der Waals surface area contributed by atoms with Crippen molar-refractivity contribution in [3.05, 3.63) is 28.8 Å². The lowest BCUT2D eigenvalue weighted by Crippen LogP contribution is -2.37. The lowest BCUT2D eigenvalue weighted by Gasteiger charge is -2.26. The van der Waals surface area contributed by atoms with E-state index in [1.165, 1.54) is 18.2 Å². The quantitative estimate of drug-likeness (QED) is 0.772. The van der Waals surface area contributed by atoms with E-state index >= 15 is 0 Å². The van der Waals surface area contributed by atoms with E-state index in [1.54, 1.807) is 4.90 Å². The Balaban J connectivity index is 3.25. The number of rotatable bonds is 5. The maximum atomic E-state index is 12.4. The zero-order valence-electron chi connectivity index (χ0n) is 11.6. The summed E-state index contributed by atoms with van der Waals surface area (Å²) in [4.78, 5) is 13.9. The fourth-order valence-corrected chi connectivity index (χ4v) is 2.93. The van der Waals surface area contributed by atoms with E-state index in [1.807, 2.05) is 20.8 Å². The van der Waals surface area contributed by atoms with Crippen LogP contribution in [0.3, 0.4) is 0 Å². The molecule has 0 aliphatic carbocycles. The molecule has 0 aliphatic heterocycles. The maximum Gasteiger partial charge on any atom is 0.261 e. The summed E-state index contributed by atoms with van der Waals surface area (Å²) in [5, 5.41) is 0.162. The van der Waals surface area contributed by atoms with Gasteiger partial charge in [0.15, 0.2) is 0 Å². The van der Waals surface area contributed by atoms with Crippen molar-refractivity contribution in [2.24, 2.45) is 0 Å². The van der Waals surface area contributed by atoms with Crippen LogP contribution in [0.4, 0.5) is 0 Å². The Hall–Kier alpha value is -0.780. The van der Waals surface area contributed by atoms with E-state index in [0.29, 0.717) is 6.54 Å². The molecule has 1 aromatic rings. The van der Waals surface area contributed by atoms with E-state index in [0.717, 1.165) is 6.42 Å². The van der Waals surface area contributed by atoms with Gasteiger partial charge in [-0.3, -0.25) is 4.79 Å². The monoisotopic (exact) mass is 337 g/mol. The van der Waals surface area contributed by atoms with Crippen LogP contribution in [-0.4, -0.2) is 31.8 Å². The molecule has 0 heterocycles. The van der Waals surface area contributed by atoms with Crippen molar-refractivity contribution in [3.63, 3.8) is 0 Å². The topological polar surface area (TPSA) is 54.5 Å². The standard InChI is InChI=1S/C13H17Cl2NO3S/c1-4-5-16(9(2)3)13(17)10-6-11(14)8-12(7-10)20(15,18)19/h6-9H,4-5H2,1-3H3. The summed E-state index contributed by atoms with van der Waals surface area (Å²) in [7, 11) is 1.38. The lowest BCUT2D eigenvalue weighted by molar-refractivity contribution is 0.0705. The van der Waals surface area contributed by atoms with Crippen molar-refractivity contribution in [3.8, 4) is 0 Å². The Morgan fingerprint density at radius 2 is 1.90 bits per heavy atom. The molecule has 0 spiro atoms. The molecule has 1 rings (SSSR count). The number of hydrogen-bond donors (Lipinski definition) is 0. The lowest BCUT2D eigenvalue weighted by atomic mass is 10.1. The Bertz CT molecular complexity index is 600. The van der Waals surface area contributed by atoms with E-state index < -0.39 is 9.05 Å². The van der Waals surface area contributed by atoms with Crippen LogP contribution in [0.1, 0.15) is 37.6 Å². The van der Waals surface area contributed by atoms with Crippen LogP contribution < -0.4 is 0 Å². The molecule has 1 aromatic carbocycles. The Labute approximate surface area is 129 Å². The third-order valence-corrected chi connectivity index (χ3v) is 4.30. The van der Waals surface area contributed by atoms with Crippen LogP contribution in [0, 0.1) is 0 Å². The first-order valence-electron chi connectivity index (χ1n) is 6.23. The van der Waals surface area contributed by atoms with Crippen molar-refractivity contribution >= 4 is 37.2 Å². The highest BCUT2D eigenvalue weighted by Crippen LogP contribution is 2.23. The molecule has 0 bridgehead atoms. The first-order valence-corrected chi connectivity index (χ1v) is 8.91. The zero-order chi connectivity index (χ0) is 15.5. The number of benzene rings is 1. The first kappa shape index (κ1) is 17.3. The van der Waals surface area contributed by atoms with Gasteiger partial charge in [0, 0.05) is 33.9 Å². The van der Waals surface area contributed by atoms with Crippen LogP contribution in [0.15, 0.2) is 23.1 Å². The predicted molar refractivity (Wildman–Crippen MR) is 81.0 cm³/mol. The van der Waals surface area contributed by atoms with Crippen molar-refractivity contribution < 1.29 is 13.2 Å². The molecule has 0 saturated carbocycles. The van der Waals surface area contributed by atoms with E-state index in [9.17, 15) is 13.2 Å². The summed E-state index contributed by atoms with van der Waals surface area (Å²) < 4.78 is 22.7. The SMILES string of the molecule is CCCN(C(=O)c1cc(Cl)cc(S(=O)(=O)Cl)c1)C(C)C. The predicted octanol–water partition coefficient (Wildman–Crippen LogP) is 3.53. The molecule has 112 valence electrons. The summed E-state index contributed by atoms with van der Waals surface area (Å²) in [6.07, 6.45) is 0.811. The minimum absolute atomic E-state index is 0.0116. The summed E-state index contributed by atoms with van der Waals surface area (Å²) >= 11 is 5.87. The van der Waals surface area contributed by atoms with Crippen molar-refractivity contribution in [2.75, 3.05) is 6.54 Å². The van der Waals surface area contributed by atoms with Gasteiger partial charge >= 0.3 is 0 Å². The molecular weight excluding hydrogens is 321 g/mol. The molecule has 20 heavy (non-hydrogen) atoms. The largest absolute Gasteiger partial charge is 0.336 e. The third-order valence-electron chi connectivity index (χ3n) is 2.75. The van der Waals surface area contributed by atoms with E-state index in [4.69, 9.17) is 22.3 Å². The summed E-state index contributed by atoms with van der Waals surface area (Å²) in [6.45, 7) is 6.36.